The molecule has 4 heteroatoms. The zero-order chi connectivity index (χ0) is 14.7. The summed E-state index contributed by atoms with van der Waals surface area (Å²) in [6.45, 7) is 4.83. The Morgan fingerprint density at radius 1 is 1.05 bits per heavy atom. The molecule has 20 heavy (non-hydrogen) atoms. The fourth-order valence-electron chi connectivity index (χ4n) is 2.15. The zero-order valence-corrected chi connectivity index (χ0v) is 13.0. The largest absolute Gasteiger partial charge is 0.310 e. The summed E-state index contributed by atoms with van der Waals surface area (Å²) < 4.78 is 28.6. The maximum atomic E-state index is 14.0. The van der Waals surface area contributed by atoms with Crippen LogP contribution in [0.5, 0.6) is 0 Å². The van der Waals surface area contributed by atoms with Crippen molar-refractivity contribution in [1.29, 1.82) is 0 Å². The Morgan fingerprint density at radius 3 is 2.30 bits per heavy atom. The molecule has 1 unspecified atom stereocenters. The van der Waals surface area contributed by atoms with Gasteiger partial charge in [0.1, 0.15) is 11.6 Å². The molecule has 0 bridgehead atoms. The third kappa shape index (κ3) is 3.25. The van der Waals surface area contributed by atoms with Crippen molar-refractivity contribution in [2.24, 2.45) is 0 Å². The van der Waals surface area contributed by atoms with Crippen molar-refractivity contribution in [3.05, 3.63) is 58.1 Å². The summed E-state index contributed by atoms with van der Waals surface area (Å²) in [7, 11) is 0. The lowest BCUT2D eigenvalue weighted by atomic mass is 9.99. The summed E-state index contributed by atoms with van der Waals surface area (Å²) in [6, 6.07) is 9.43. The second kappa shape index (κ2) is 6.46. The Balaban J connectivity index is 2.50. The lowest BCUT2D eigenvalue weighted by Crippen LogP contribution is -2.17. The second-order valence-corrected chi connectivity index (χ2v) is 5.56. The summed E-state index contributed by atoms with van der Waals surface area (Å²) in [4.78, 5) is 0. The van der Waals surface area contributed by atoms with Crippen LogP contribution < -0.4 is 5.32 Å². The van der Waals surface area contributed by atoms with Gasteiger partial charge in [0, 0.05) is 21.6 Å². The number of rotatable bonds is 4. The predicted molar refractivity (Wildman–Crippen MR) is 81.6 cm³/mol. The Labute approximate surface area is 126 Å². The summed E-state index contributed by atoms with van der Waals surface area (Å²) in [5, 5.41) is 3.26. The average Bonchev–Trinajstić information content (AvgIpc) is 2.42. The van der Waals surface area contributed by atoms with E-state index in [4.69, 9.17) is 0 Å². The van der Waals surface area contributed by atoms with Crippen LogP contribution >= 0.6 is 15.9 Å². The first-order valence-corrected chi connectivity index (χ1v) is 7.30. The lowest BCUT2D eigenvalue weighted by molar-refractivity contribution is 0.591. The van der Waals surface area contributed by atoms with Crippen LogP contribution in [0.4, 0.5) is 8.78 Å². The third-order valence-electron chi connectivity index (χ3n) is 3.22. The van der Waals surface area contributed by atoms with Gasteiger partial charge in [-0.1, -0.05) is 28.9 Å². The van der Waals surface area contributed by atoms with Crippen LogP contribution in [0.1, 0.15) is 25.5 Å². The van der Waals surface area contributed by atoms with Crippen LogP contribution in [-0.2, 0) is 0 Å². The van der Waals surface area contributed by atoms with Crippen LogP contribution in [0.15, 0.2) is 40.9 Å². The van der Waals surface area contributed by atoms with E-state index in [1.165, 1.54) is 12.1 Å². The van der Waals surface area contributed by atoms with Gasteiger partial charge >= 0.3 is 0 Å². The van der Waals surface area contributed by atoms with Crippen molar-refractivity contribution < 1.29 is 8.78 Å². The molecule has 0 heterocycles. The van der Waals surface area contributed by atoms with Crippen LogP contribution in [-0.4, -0.2) is 6.54 Å². The number of halogens is 3. The first-order valence-electron chi connectivity index (χ1n) is 6.51. The molecule has 0 saturated carbocycles. The van der Waals surface area contributed by atoms with Crippen LogP contribution in [0, 0.1) is 11.6 Å². The van der Waals surface area contributed by atoms with Gasteiger partial charge in [0.05, 0.1) is 0 Å². The molecular formula is C16H16BrF2N. The SMILES string of the molecule is CCNC(C)c1ccc(F)c(-c2cc(Br)ccc2F)c1. The van der Waals surface area contributed by atoms with Crippen molar-refractivity contribution in [3.63, 3.8) is 0 Å². The van der Waals surface area contributed by atoms with Crippen molar-refractivity contribution in [2.75, 3.05) is 6.54 Å². The number of hydrogen-bond acceptors (Lipinski definition) is 1. The van der Waals surface area contributed by atoms with E-state index in [2.05, 4.69) is 21.2 Å². The van der Waals surface area contributed by atoms with E-state index in [0.717, 1.165) is 16.6 Å². The van der Waals surface area contributed by atoms with Gasteiger partial charge in [-0.25, -0.2) is 8.78 Å². The number of benzene rings is 2. The van der Waals surface area contributed by atoms with E-state index in [1.54, 1.807) is 24.3 Å². The van der Waals surface area contributed by atoms with Gasteiger partial charge in [0.25, 0.3) is 0 Å². The average molecular weight is 340 g/mol. The second-order valence-electron chi connectivity index (χ2n) is 4.64. The molecule has 1 nitrogen and oxygen atoms in total. The summed E-state index contributed by atoms with van der Waals surface area (Å²) in [5.41, 5.74) is 1.48. The van der Waals surface area contributed by atoms with Crippen LogP contribution in [0.3, 0.4) is 0 Å². The molecule has 1 atom stereocenters. The molecule has 0 amide bonds. The highest BCUT2D eigenvalue weighted by Crippen LogP contribution is 2.30. The molecular weight excluding hydrogens is 324 g/mol. The quantitative estimate of drug-likeness (QED) is 0.820. The Kier molecular flexibility index (Phi) is 4.89. The van der Waals surface area contributed by atoms with E-state index in [1.807, 2.05) is 13.8 Å². The molecule has 2 aromatic rings. The maximum absolute atomic E-state index is 14.0. The highest BCUT2D eigenvalue weighted by molar-refractivity contribution is 9.10. The lowest BCUT2D eigenvalue weighted by Gasteiger charge is -2.15. The first kappa shape index (κ1) is 15.1. The molecule has 2 aromatic carbocycles. The zero-order valence-electron chi connectivity index (χ0n) is 11.4. The van der Waals surface area contributed by atoms with Gasteiger partial charge in [0.2, 0.25) is 0 Å². The van der Waals surface area contributed by atoms with Crippen molar-refractivity contribution in [2.45, 2.75) is 19.9 Å². The summed E-state index contributed by atoms with van der Waals surface area (Å²) >= 11 is 3.29. The molecule has 1 N–H and O–H groups in total. The molecule has 0 aliphatic heterocycles. The normalized spacial score (nSPS) is 12.4. The highest BCUT2D eigenvalue weighted by atomic mass is 79.9. The predicted octanol–water partition coefficient (Wildman–Crippen LogP) is 5.06. The molecule has 0 fully saturated rings. The van der Waals surface area contributed by atoms with E-state index in [0.29, 0.717) is 0 Å². The van der Waals surface area contributed by atoms with E-state index in [9.17, 15) is 8.78 Å². The van der Waals surface area contributed by atoms with Gasteiger partial charge in [-0.2, -0.15) is 0 Å². The Morgan fingerprint density at radius 2 is 1.65 bits per heavy atom. The van der Waals surface area contributed by atoms with Gasteiger partial charge in [-0.05, 0) is 49.4 Å². The van der Waals surface area contributed by atoms with E-state index in [-0.39, 0.29) is 17.2 Å². The smallest absolute Gasteiger partial charge is 0.131 e. The van der Waals surface area contributed by atoms with Gasteiger partial charge in [0.15, 0.2) is 0 Å². The number of hydrogen-bond donors (Lipinski definition) is 1. The fourth-order valence-corrected chi connectivity index (χ4v) is 2.51. The van der Waals surface area contributed by atoms with Crippen molar-refractivity contribution in [1.82, 2.24) is 5.32 Å². The van der Waals surface area contributed by atoms with Crippen molar-refractivity contribution in [3.8, 4) is 11.1 Å². The highest BCUT2D eigenvalue weighted by Gasteiger charge is 2.13. The standard InChI is InChI=1S/C16H16BrF2N/c1-3-20-10(2)11-4-6-15(18)13(8-11)14-9-12(17)5-7-16(14)19/h4-10,20H,3H2,1-2H3. The van der Waals surface area contributed by atoms with Crippen molar-refractivity contribution >= 4 is 15.9 Å². The van der Waals surface area contributed by atoms with Gasteiger partial charge in [-0.3, -0.25) is 0 Å². The monoisotopic (exact) mass is 339 g/mol. The summed E-state index contributed by atoms with van der Waals surface area (Å²) in [6.07, 6.45) is 0. The molecule has 0 spiro atoms. The molecule has 2 rings (SSSR count). The minimum absolute atomic E-state index is 0.0922. The van der Waals surface area contributed by atoms with Gasteiger partial charge < -0.3 is 5.32 Å². The molecule has 0 aromatic heterocycles. The van der Waals surface area contributed by atoms with Gasteiger partial charge in [-0.15, -0.1) is 0 Å². The van der Waals surface area contributed by atoms with E-state index < -0.39 is 11.6 Å². The molecule has 0 aliphatic carbocycles. The summed E-state index contributed by atoms with van der Waals surface area (Å²) in [5.74, 6) is -0.852. The Hall–Kier alpha value is -1.26. The van der Waals surface area contributed by atoms with E-state index >= 15 is 0 Å². The maximum Gasteiger partial charge on any atom is 0.131 e. The fraction of sp³-hybridized carbons (Fsp3) is 0.250. The van der Waals surface area contributed by atoms with Crippen LogP contribution in [0.2, 0.25) is 0 Å². The molecule has 0 saturated heterocycles. The third-order valence-corrected chi connectivity index (χ3v) is 3.71. The molecule has 0 aliphatic rings. The molecule has 0 radical (unpaired) electrons. The Bertz CT molecular complexity index is 613. The van der Waals surface area contributed by atoms with Crippen LogP contribution in [0.25, 0.3) is 11.1 Å². The number of nitrogens with one attached hydrogen (secondary N) is 1. The minimum Gasteiger partial charge on any atom is -0.310 e. The first-order chi connectivity index (χ1) is 9.52. The topological polar surface area (TPSA) is 12.0 Å². The molecule has 106 valence electrons. The minimum atomic E-state index is -0.430.